The van der Waals surface area contributed by atoms with Crippen LogP contribution in [-0.2, 0) is 4.79 Å². The molecule has 1 unspecified atom stereocenters. The lowest BCUT2D eigenvalue weighted by atomic mass is 10.0. The van der Waals surface area contributed by atoms with Crippen molar-refractivity contribution in [3.8, 4) is 11.5 Å². The van der Waals surface area contributed by atoms with E-state index >= 15 is 0 Å². The minimum atomic E-state index is -0.935. The lowest BCUT2D eigenvalue weighted by molar-refractivity contribution is -0.137. The smallest absolute Gasteiger partial charge is 0.305 e. The minimum absolute atomic E-state index is 0. The second kappa shape index (κ2) is 7.88. The molecule has 0 aliphatic heterocycles. The molecule has 0 aromatic heterocycles. The Morgan fingerprint density at radius 3 is 2.62 bits per heavy atom. The van der Waals surface area contributed by atoms with Crippen LogP contribution in [0.25, 0.3) is 0 Å². The van der Waals surface area contributed by atoms with Gasteiger partial charge in [-0.1, -0.05) is 35.9 Å². The molecule has 2 rings (SSSR count). The monoisotopic (exact) mass is 327 g/mol. The molecule has 0 aliphatic rings. The average molecular weight is 328 g/mol. The Morgan fingerprint density at radius 1 is 1.24 bits per heavy atom. The van der Waals surface area contributed by atoms with Crippen LogP contribution in [0.5, 0.6) is 11.5 Å². The van der Waals surface area contributed by atoms with Crippen molar-refractivity contribution in [3.63, 3.8) is 0 Å². The summed E-state index contributed by atoms with van der Waals surface area (Å²) in [4.78, 5) is 10.7. The van der Waals surface area contributed by atoms with Crippen LogP contribution >= 0.6 is 24.0 Å². The second-order valence-corrected chi connectivity index (χ2v) is 4.72. The van der Waals surface area contributed by atoms with Gasteiger partial charge in [0, 0.05) is 6.04 Å². The van der Waals surface area contributed by atoms with Crippen molar-refractivity contribution < 1.29 is 14.6 Å². The van der Waals surface area contributed by atoms with E-state index in [1.165, 1.54) is 0 Å². The van der Waals surface area contributed by atoms with Gasteiger partial charge in [0.2, 0.25) is 0 Å². The number of ether oxygens (including phenoxy) is 1. The van der Waals surface area contributed by atoms with Gasteiger partial charge in [-0.25, -0.2) is 0 Å². The van der Waals surface area contributed by atoms with E-state index < -0.39 is 12.0 Å². The van der Waals surface area contributed by atoms with E-state index in [-0.39, 0.29) is 18.8 Å². The van der Waals surface area contributed by atoms with Crippen LogP contribution in [0.2, 0.25) is 5.02 Å². The van der Waals surface area contributed by atoms with Crippen LogP contribution < -0.4 is 10.5 Å². The number of aliphatic carboxylic acids is 1. The quantitative estimate of drug-likeness (QED) is 0.869. The summed E-state index contributed by atoms with van der Waals surface area (Å²) in [7, 11) is 0. The lowest BCUT2D eigenvalue weighted by Gasteiger charge is -2.12. The van der Waals surface area contributed by atoms with E-state index in [1.807, 2.05) is 12.1 Å². The molecule has 2 aromatic carbocycles. The molecule has 0 amide bonds. The molecule has 0 spiro atoms. The molecule has 0 heterocycles. The van der Waals surface area contributed by atoms with Crippen LogP contribution in [0, 0.1) is 0 Å². The highest BCUT2D eigenvalue weighted by Gasteiger charge is 2.11. The first kappa shape index (κ1) is 17.3. The van der Waals surface area contributed by atoms with Gasteiger partial charge in [-0.15, -0.1) is 12.4 Å². The first-order chi connectivity index (χ1) is 9.56. The molecule has 0 fully saturated rings. The molecule has 21 heavy (non-hydrogen) atoms. The third kappa shape index (κ3) is 4.93. The number of para-hydroxylation sites is 1. The number of halogens is 2. The summed E-state index contributed by atoms with van der Waals surface area (Å²) in [6, 6.07) is 13.6. The van der Waals surface area contributed by atoms with E-state index in [2.05, 4.69) is 0 Å². The van der Waals surface area contributed by atoms with E-state index in [0.717, 1.165) is 0 Å². The Bertz CT molecular complexity index is 619. The van der Waals surface area contributed by atoms with Gasteiger partial charge in [-0.2, -0.15) is 0 Å². The normalized spacial score (nSPS) is 11.3. The molecule has 112 valence electrons. The number of benzene rings is 2. The summed E-state index contributed by atoms with van der Waals surface area (Å²) in [6.07, 6.45) is -0.129. The summed E-state index contributed by atoms with van der Waals surface area (Å²) >= 11 is 6.02. The molecule has 1 atom stereocenters. The van der Waals surface area contributed by atoms with Gasteiger partial charge in [0.05, 0.1) is 11.4 Å². The van der Waals surface area contributed by atoms with Gasteiger partial charge >= 0.3 is 5.97 Å². The number of hydrogen-bond donors (Lipinski definition) is 2. The molecule has 0 aliphatic carbocycles. The predicted molar refractivity (Wildman–Crippen MR) is 84.4 cm³/mol. The molecular weight excluding hydrogens is 313 g/mol. The average Bonchev–Trinajstić information content (AvgIpc) is 2.41. The molecular formula is C15H15Cl2NO3. The van der Waals surface area contributed by atoms with Gasteiger partial charge in [0.25, 0.3) is 0 Å². The zero-order valence-electron chi connectivity index (χ0n) is 11.0. The van der Waals surface area contributed by atoms with Crippen LogP contribution in [0.4, 0.5) is 0 Å². The SMILES string of the molecule is Cl.NC(CC(=O)O)c1cccc(Oc2ccccc2Cl)c1. The van der Waals surface area contributed by atoms with Crippen molar-refractivity contribution in [1.82, 2.24) is 0 Å². The highest BCUT2D eigenvalue weighted by Crippen LogP contribution is 2.30. The van der Waals surface area contributed by atoms with Crippen LogP contribution in [0.3, 0.4) is 0 Å². The van der Waals surface area contributed by atoms with Crippen molar-refractivity contribution in [1.29, 1.82) is 0 Å². The van der Waals surface area contributed by atoms with Crippen molar-refractivity contribution >= 4 is 30.0 Å². The second-order valence-electron chi connectivity index (χ2n) is 4.31. The molecule has 0 radical (unpaired) electrons. The maximum absolute atomic E-state index is 10.7. The summed E-state index contributed by atoms with van der Waals surface area (Å²) < 4.78 is 5.67. The molecule has 3 N–H and O–H groups in total. The van der Waals surface area contributed by atoms with E-state index in [1.54, 1.807) is 36.4 Å². The number of carboxylic acids is 1. The zero-order valence-corrected chi connectivity index (χ0v) is 12.6. The fourth-order valence-corrected chi connectivity index (χ4v) is 1.94. The van der Waals surface area contributed by atoms with Crippen LogP contribution in [0.15, 0.2) is 48.5 Å². The van der Waals surface area contributed by atoms with Crippen molar-refractivity contribution in [2.45, 2.75) is 12.5 Å². The Labute approximate surface area is 133 Å². The summed E-state index contributed by atoms with van der Waals surface area (Å²) in [5.41, 5.74) is 6.53. The molecule has 6 heteroatoms. The van der Waals surface area contributed by atoms with E-state index in [9.17, 15) is 4.79 Å². The van der Waals surface area contributed by atoms with Gasteiger partial charge in [0.1, 0.15) is 11.5 Å². The third-order valence-corrected chi connectivity index (χ3v) is 3.06. The molecule has 0 saturated carbocycles. The first-order valence-electron chi connectivity index (χ1n) is 6.06. The van der Waals surface area contributed by atoms with Crippen LogP contribution in [0.1, 0.15) is 18.0 Å². The topological polar surface area (TPSA) is 72.6 Å². The summed E-state index contributed by atoms with van der Waals surface area (Å²) in [6.45, 7) is 0. The van der Waals surface area contributed by atoms with Crippen molar-refractivity contribution in [2.24, 2.45) is 5.73 Å². The molecule has 0 bridgehead atoms. The Morgan fingerprint density at radius 2 is 1.95 bits per heavy atom. The minimum Gasteiger partial charge on any atom is -0.481 e. The van der Waals surface area contributed by atoms with Crippen molar-refractivity contribution in [3.05, 3.63) is 59.1 Å². The molecule has 2 aromatic rings. The number of carboxylic acid groups (broad SMARTS) is 1. The Kier molecular flexibility index (Phi) is 6.49. The number of hydrogen-bond acceptors (Lipinski definition) is 3. The fraction of sp³-hybridized carbons (Fsp3) is 0.133. The summed E-state index contributed by atoms with van der Waals surface area (Å²) in [5.74, 6) is 0.171. The molecule has 0 saturated heterocycles. The third-order valence-electron chi connectivity index (χ3n) is 2.75. The van der Waals surface area contributed by atoms with Crippen LogP contribution in [-0.4, -0.2) is 11.1 Å². The van der Waals surface area contributed by atoms with Gasteiger partial charge in [-0.05, 0) is 29.8 Å². The lowest BCUT2D eigenvalue weighted by Crippen LogP contribution is -2.14. The predicted octanol–water partition coefficient (Wildman–Crippen LogP) is 4.03. The van der Waals surface area contributed by atoms with Gasteiger partial charge in [-0.3, -0.25) is 4.79 Å². The number of rotatable bonds is 5. The highest BCUT2D eigenvalue weighted by molar-refractivity contribution is 6.32. The molecule has 4 nitrogen and oxygen atoms in total. The first-order valence-corrected chi connectivity index (χ1v) is 6.44. The van der Waals surface area contributed by atoms with E-state index in [4.69, 9.17) is 27.2 Å². The van der Waals surface area contributed by atoms with Gasteiger partial charge < -0.3 is 15.6 Å². The maximum atomic E-state index is 10.7. The highest BCUT2D eigenvalue weighted by atomic mass is 35.5. The Hall–Kier alpha value is -1.75. The maximum Gasteiger partial charge on any atom is 0.305 e. The zero-order chi connectivity index (χ0) is 14.5. The number of nitrogens with two attached hydrogens (primary N) is 1. The standard InChI is InChI=1S/C15H14ClNO3.ClH/c16-12-6-1-2-7-14(12)20-11-5-3-4-10(8-11)13(17)9-15(18)19;/h1-8,13H,9,17H2,(H,18,19);1H. The Balaban J connectivity index is 0.00000220. The van der Waals surface area contributed by atoms with Gasteiger partial charge in [0.15, 0.2) is 0 Å². The largest absolute Gasteiger partial charge is 0.481 e. The number of carbonyl (C=O) groups is 1. The van der Waals surface area contributed by atoms with Crippen molar-refractivity contribution in [2.75, 3.05) is 0 Å². The van der Waals surface area contributed by atoms with E-state index in [0.29, 0.717) is 22.1 Å². The summed E-state index contributed by atoms with van der Waals surface area (Å²) in [5, 5.41) is 9.26. The fourth-order valence-electron chi connectivity index (χ4n) is 1.77.